The Morgan fingerprint density at radius 1 is 0.853 bits per heavy atom. The summed E-state index contributed by atoms with van der Waals surface area (Å²) in [6.07, 6.45) is 0.714. The van der Waals surface area contributed by atoms with Crippen LogP contribution in [0.1, 0.15) is 29.8 Å². The number of hydrogen-bond donors (Lipinski definition) is 0. The SMILES string of the molecule is COc1ccc(CN(Cc2ccc(OC)cc2)S(=O)(=O)[C@@H](C)[C@H](OC)c2ccc(Cl)cn2)cc1. The molecule has 2 aromatic carbocycles. The summed E-state index contributed by atoms with van der Waals surface area (Å²) in [6, 6.07) is 18.0. The molecule has 1 aromatic heterocycles. The maximum absolute atomic E-state index is 13.9. The molecule has 2 atom stereocenters. The Bertz CT molecular complexity index is 1100. The maximum Gasteiger partial charge on any atom is 0.220 e. The third-order valence-corrected chi connectivity index (χ3v) is 7.98. The highest BCUT2D eigenvalue weighted by Gasteiger charge is 2.36. The minimum Gasteiger partial charge on any atom is -0.497 e. The lowest BCUT2D eigenvalue weighted by Crippen LogP contribution is -2.40. The number of ether oxygens (including phenoxy) is 3. The van der Waals surface area contributed by atoms with Gasteiger partial charge < -0.3 is 14.2 Å². The van der Waals surface area contributed by atoms with Gasteiger partial charge in [0.25, 0.3) is 0 Å². The van der Waals surface area contributed by atoms with Crippen LogP contribution in [0.5, 0.6) is 11.5 Å². The van der Waals surface area contributed by atoms with E-state index >= 15 is 0 Å². The number of aromatic nitrogens is 1. The summed E-state index contributed by atoms with van der Waals surface area (Å²) in [5.74, 6) is 1.41. The number of hydrogen-bond acceptors (Lipinski definition) is 6. The van der Waals surface area contributed by atoms with Crippen LogP contribution in [-0.2, 0) is 27.8 Å². The monoisotopic (exact) mass is 504 g/mol. The third kappa shape index (κ3) is 6.27. The van der Waals surface area contributed by atoms with Crippen LogP contribution < -0.4 is 9.47 Å². The van der Waals surface area contributed by atoms with Gasteiger partial charge in [-0.05, 0) is 54.4 Å². The molecule has 0 aliphatic rings. The molecule has 0 spiro atoms. The molecule has 3 aromatic rings. The van der Waals surface area contributed by atoms with E-state index in [1.165, 1.54) is 17.6 Å². The average Bonchev–Trinajstić information content (AvgIpc) is 2.86. The van der Waals surface area contributed by atoms with Crippen LogP contribution in [0.25, 0.3) is 0 Å². The normalized spacial score (nSPS) is 13.5. The molecule has 9 heteroatoms. The van der Waals surface area contributed by atoms with Gasteiger partial charge >= 0.3 is 0 Å². The van der Waals surface area contributed by atoms with Crippen molar-refractivity contribution in [3.63, 3.8) is 0 Å². The van der Waals surface area contributed by atoms with Gasteiger partial charge in [0, 0.05) is 26.4 Å². The number of sulfonamides is 1. The zero-order valence-corrected chi connectivity index (χ0v) is 21.2. The molecule has 34 heavy (non-hydrogen) atoms. The van der Waals surface area contributed by atoms with Crippen molar-refractivity contribution in [3.05, 3.63) is 88.7 Å². The molecule has 7 nitrogen and oxygen atoms in total. The predicted molar refractivity (Wildman–Crippen MR) is 133 cm³/mol. The Morgan fingerprint density at radius 2 is 1.35 bits per heavy atom. The number of nitrogens with zero attached hydrogens (tertiary/aromatic N) is 2. The van der Waals surface area contributed by atoms with Gasteiger partial charge in [-0.2, -0.15) is 4.31 Å². The van der Waals surface area contributed by atoms with Gasteiger partial charge in [0.2, 0.25) is 10.0 Å². The molecule has 3 rings (SSSR count). The van der Waals surface area contributed by atoms with Crippen LogP contribution in [0, 0.1) is 0 Å². The first-order valence-electron chi connectivity index (χ1n) is 10.7. The molecule has 0 radical (unpaired) electrons. The number of rotatable bonds is 11. The molecule has 0 aliphatic heterocycles. The fraction of sp³-hybridized carbons (Fsp3) is 0.320. The minimum atomic E-state index is -3.83. The molecular weight excluding hydrogens is 476 g/mol. The molecule has 0 unspecified atom stereocenters. The van der Waals surface area contributed by atoms with Crippen molar-refractivity contribution in [3.8, 4) is 11.5 Å². The van der Waals surface area contributed by atoms with E-state index in [0.717, 1.165) is 11.1 Å². The van der Waals surface area contributed by atoms with Crippen LogP contribution in [0.3, 0.4) is 0 Å². The van der Waals surface area contributed by atoms with E-state index in [-0.39, 0.29) is 13.1 Å². The maximum atomic E-state index is 13.9. The molecule has 0 N–H and O–H groups in total. The number of benzene rings is 2. The molecule has 182 valence electrons. The van der Waals surface area contributed by atoms with E-state index < -0.39 is 21.4 Å². The van der Waals surface area contributed by atoms with Gasteiger partial charge in [0.15, 0.2) is 0 Å². The summed E-state index contributed by atoms with van der Waals surface area (Å²) in [5, 5.41) is -0.433. The first-order chi connectivity index (χ1) is 16.3. The second-order valence-electron chi connectivity index (χ2n) is 7.77. The second kappa shape index (κ2) is 11.7. The molecule has 0 amide bonds. The van der Waals surface area contributed by atoms with Crippen LogP contribution in [0.4, 0.5) is 0 Å². The lowest BCUT2D eigenvalue weighted by atomic mass is 10.2. The molecule has 0 bridgehead atoms. The summed E-state index contributed by atoms with van der Waals surface area (Å²) in [5.41, 5.74) is 2.17. The second-order valence-corrected chi connectivity index (χ2v) is 10.5. The number of methoxy groups -OCH3 is 3. The van der Waals surface area contributed by atoms with E-state index in [2.05, 4.69) is 4.98 Å². The van der Waals surface area contributed by atoms with Crippen LogP contribution in [0.15, 0.2) is 66.9 Å². The first kappa shape index (κ1) is 26.0. The van der Waals surface area contributed by atoms with Crippen molar-refractivity contribution in [2.24, 2.45) is 0 Å². The highest BCUT2D eigenvalue weighted by Crippen LogP contribution is 2.29. The fourth-order valence-corrected chi connectivity index (χ4v) is 5.41. The topological polar surface area (TPSA) is 78.0 Å². The Balaban J connectivity index is 1.94. The predicted octanol–water partition coefficient (Wildman–Crippen LogP) is 4.86. The molecule has 0 aliphatic carbocycles. The minimum absolute atomic E-state index is 0.188. The van der Waals surface area contributed by atoms with Gasteiger partial charge in [-0.15, -0.1) is 0 Å². The number of pyridine rings is 1. The summed E-state index contributed by atoms with van der Waals surface area (Å²) in [7, 11) is 0.831. The largest absolute Gasteiger partial charge is 0.497 e. The van der Waals surface area contributed by atoms with Crippen molar-refractivity contribution in [2.75, 3.05) is 21.3 Å². The molecule has 0 fully saturated rings. The van der Waals surface area contributed by atoms with E-state index in [9.17, 15) is 8.42 Å². The highest BCUT2D eigenvalue weighted by molar-refractivity contribution is 7.89. The lowest BCUT2D eigenvalue weighted by molar-refractivity contribution is 0.0969. The molecule has 1 heterocycles. The zero-order valence-electron chi connectivity index (χ0n) is 19.6. The first-order valence-corrected chi connectivity index (χ1v) is 12.6. The van der Waals surface area contributed by atoms with Gasteiger partial charge in [0.1, 0.15) is 22.9 Å². The van der Waals surface area contributed by atoms with E-state index in [4.69, 9.17) is 25.8 Å². The van der Waals surface area contributed by atoms with E-state index in [1.807, 2.05) is 48.5 Å². The fourth-order valence-electron chi connectivity index (χ4n) is 3.60. The molecule has 0 saturated heterocycles. The van der Waals surface area contributed by atoms with Crippen LogP contribution in [0.2, 0.25) is 5.02 Å². The van der Waals surface area contributed by atoms with E-state index in [0.29, 0.717) is 22.2 Å². The van der Waals surface area contributed by atoms with Gasteiger partial charge in [0.05, 0.1) is 24.9 Å². The van der Waals surface area contributed by atoms with Crippen LogP contribution >= 0.6 is 11.6 Å². The Morgan fingerprint density at radius 3 is 1.74 bits per heavy atom. The Labute approximate surface area is 206 Å². The van der Waals surface area contributed by atoms with Crippen molar-refractivity contribution < 1.29 is 22.6 Å². The quantitative estimate of drug-likeness (QED) is 0.371. The van der Waals surface area contributed by atoms with Crippen molar-refractivity contribution in [2.45, 2.75) is 31.4 Å². The third-order valence-electron chi connectivity index (χ3n) is 5.59. The lowest BCUT2D eigenvalue weighted by Gasteiger charge is -2.30. The standard InChI is InChI=1S/C25H29ClN2O5S/c1-18(25(33-4)24-14-9-21(26)15-27-24)34(29,30)28(16-19-5-10-22(31-2)11-6-19)17-20-7-12-23(32-3)13-8-20/h5-15,18,25H,16-17H2,1-4H3/t18-,25-/m0/s1. The molecular formula is C25H29ClN2O5S. The summed E-state index contributed by atoms with van der Waals surface area (Å²) < 4.78 is 45.2. The Hall–Kier alpha value is -2.65. The van der Waals surface area contributed by atoms with Crippen molar-refractivity contribution in [1.29, 1.82) is 0 Å². The summed E-state index contributed by atoms with van der Waals surface area (Å²) in [6.45, 7) is 2.01. The zero-order chi connectivity index (χ0) is 24.7. The van der Waals surface area contributed by atoms with Crippen LogP contribution in [-0.4, -0.2) is 44.3 Å². The summed E-state index contributed by atoms with van der Waals surface area (Å²) in [4.78, 5) is 4.28. The smallest absolute Gasteiger partial charge is 0.220 e. The number of halogens is 1. The van der Waals surface area contributed by atoms with Crippen molar-refractivity contribution in [1.82, 2.24) is 9.29 Å². The summed E-state index contributed by atoms with van der Waals surface area (Å²) >= 11 is 5.96. The van der Waals surface area contributed by atoms with Crippen molar-refractivity contribution >= 4 is 21.6 Å². The van der Waals surface area contributed by atoms with Gasteiger partial charge in [-0.1, -0.05) is 35.9 Å². The van der Waals surface area contributed by atoms with E-state index in [1.54, 1.807) is 33.3 Å². The van der Waals surface area contributed by atoms with Gasteiger partial charge in [-0.3, -0.25) is 4.98 Å². The highest BCUT2D eigenvalue weighted by atomic mass is 35.5. The van der Waals surface area contributed by atoms with Gasteiger partial charge in [-0.25, -0.2) is 8.42 Å². The molecule has 0 saturated carbocycles. The average molecular weight is 505 g/mol. The Kier molecular flexibility index (Phi) is 8.90.